The smallest absolute Gasteiger partial charge is 0.157 e. The lowest BCUT2D eigenvalue weighted by Crippen LogP contribution is -2.49. The van der Waals surface area contributed by atoms with Gasteiger partial charge in [-0.25, -0.2) is 0 Å². The standard InChI is InChI=1S/C21H26O8/c1-21(28-8-7-22)18-16(26-3)10-13(25-2)11-17(18)29-19(20(21)27-4)12-5-6-14(23)15(24)9-12/h5-6,9-11,19-20,22-24H,7-8H2,1-4H3/t19-,20+,21?/m1/s1. The van der Waals surface area contributed by atoms with E-state index in [1.165, 1.54) is 26.4 Å². The Kier molecular flexibility index (Phi) is 6.07. The van der Waals surface area contributed by atoms with E-state index in [-0.39, 0.29) is 24.7 Å². The van der Waals surface area contributed by atoms with Crippen LogP contribution in [0.15, 0.2) is 30.3 Å². The molecule has 2 aromatic rings. The first kappa shape index (κ1) is 21.0. The molecule has 2 aromatic carbocycles. The zero-order chi connectivity index (χ0) is 21.2. The predicted octanol–water partition coefficient (Wildman–Crippen LogP) is 2.49. The molecule has 29 heavy (non-hydrogen) atoms. The molecule has 3 rings (SSSR count). The highest BCUT2D eigenvalue weighted by molar-refractivity contribution is 5.56. The molecule has 1 heterocycles. The molecule has 0 aliphatic carbocycles. The lowest BCUT2D eigenvalue weighted by Gasteiger charge is -2.46. The van der Waals surface area contributed by atoms with Crippen molar-refractivity contribution in [1.29, 1.82) is 0 Å². The SMILES string of the molecule is COc1cc(OC)c2c(c1)O[C@H](c1ccc(O)c(O)c1)[C@H](OC)C2(C)OCCO. The highest BCUT2D eigenvalue weighted by Gasteiger charge is 2.51. The quantitative estimate of drug-likeness (QED) is 0.602. The average Bonchev–Trinajstić information content (AvgIpc) is 2.73. The number of fused-ring (bicyclic) bond motifs is 1. The molecule has 0 fully saturated rings. The molecule has 0 saturated heterocycles. The number of aliphatic hydroxyl groups is 1. The molecule has 1 aliphatic rings. The van der Waals surface area contributed by atoms with Crippen LogP contribution in [0.1, 0.15) is 24.2 Å². The molecule has 8 heteroatoms. The van der Waals surface area contributed by atoms with Gasteiger partial charge in [0.05, 0.1) is 33.0 Å². The van der Waals surface area contributed by atoms with Crippen LogP contribution in [0.5, 0.6) is 28.7 Å². The Hall–Kier alpha value is -2.68. The summed E-state index contributed by atoms with van der Waals surface area (Å²) in [5, 5.41) is 29.0. The zero-order valence-electron chi connectivity index (χ0n) is 16.8. The fraction of sp³-hybridized carbons (Fsp3) is 0.429. The number of benzene rings is 2. The van der Waals surface area contributed by atoms with Crippen LogP contribution in [-0.4, -0.2) is 56.0 Å². The minimum absolute atomic E-state index is 0.0680. The van der Waals surface area contributed by atoms with E-state index in [1.54, 1.807) is 25.3 Å². The number of phenols is 2. The van der Waals surface area contributed by atoms with Crippen LogP contribution in [0.2, 0.25) is 0 Å². The van der Waals surface area contributed by atoms with Gasteiger partial charge in [0.25, 0.3) is 0 Å². The zero-order valence-corrected chi connectivity index (χ0v) is 16.8. The monoisotopic (exact) mass is 406 g/mol. The summed E-state index contributed by atoms with van der Waals surface area (Å²) in [7, 11) is 4.61. The number of hydrogen-bond donors (Lipinski definition) is 3. The van der Waals surface area contributed by atoms with Gasteiger partial charge in [0.2, 0.25) is 0 Å². The summed E-state index contributed by atoms with van der Waals surface area (Å²) in [6.07, 6.45) is -1.34. The Morgan fingerprint density at radius 1 is 1.03 bits per heavy atom. The van der Waals surface area contributed by atoms with Crippen molar-refractivity contribution >= 4 is 0 Å². The summed E-state index contributed by atoms with van der Waals surface area (Å²) in [5.74, 6) is 0.990. The normalized spacial score (nSPS) is 23.2. The van der Waals surface area contributed by atoms with Gasteiger partial charge in [-0.2, -0.15) is 0 Å². The number of aliphatic hydroxyl groups excluding tert-OH is 1. The predicted molar refractivity (Wildman–Crippen MR) is 104 cm³/mol. The molecule has 0 radical (unpaired) electrons. The van der Waals surface area contributed by atoms with Gasteiger partial charge in [0, 0.05) is 19.2 Å². The molecular formula is C21H26O8. The van der Waals surface area contributed by atoms with Crippen molar-refractivity contribution in [3.05, 3.63) is 41.5 Å². The van der Waals surface area contributed by atoms with E-state index in [2.05, 4.69) is 0 Å². The Morgan fingerprint density at radius 3 is 2.38 bits per heavy atom. The first-order valence-corrected chi connectivity index (χ1v) is 9.12. The lowest BCUT2D eigenvalue weighted by molar-refractivity contribution is -0.182. The molecule has 3 N–H and O–H groups in total. The van der Waals surface area contributed by atoms with E-state index in [1.807, 2.05) is 6.92 Å². The van der Waals surface area contributed by atoms with E-state index >= 15 is 0 Å². The van der Waals surface area contributed by atoms with Crippen molar-refractivity contribution in [2.24, 2.45) is 0 Å². The van der Waals surface area contributed by atoms with Gasteiger partial charge in [-0.3, -0.25) is 0 Å². The van der Waals surface area contributed by atoms with Crippen molar-refractivity contribution < 1.29 is 39.0 Å². The van der Waals surface area contributed by atoms with Gasteiger partial charge < -0.3 is 39.0 Å². The fourth-order valence-corrected chi connectivity index (χ4v) is 3.78. The molecular weight excluding hydrogens is 380 g/mol. The molecule has 0 aromatic heterocycles. The second kappa shape index (κ2) is 8.36. The van der Waals surface area contributed by atoms with E-state index < -0.39 is 17.8 Å². The summed E-state index contributed by atoms with van der Waals surface area (Å²) in [6.45, 7) is 1.73. The fourth-order valence-electron chi connectivity index (χ4n) is 3.78. The third-order valence-electron chi connectivity index (χ3n) is 5.14. The first-order valence-electron chi connectivity index (χ1n) is 9.12. The van der Waals surface area contributed by atoms with Crippen molar-refractivity contribution in [3.8, 4) is 28.7 Å². The van der Waals surface area contributed by atoms with Gasteiger partial charge in [-0.05, 0) is 24.6 Å². The van der Waals surface area contributed by atoms with Gasteiger partial charge in [-0.1, -0.05) is 6.07 Å². The minimum Gasteiger partial charge on any atom is -0.504 e. The summed E-state index contributed by atoms with van der Waals surface area (Å²) in [5.41, 5.74) is 0.152. The number of rotatable bonds is 7. The van der Waals surface area contributed by atoms with Gasteiger partial charge in [0.15, 0.2) is 17.6 Å². The maximum Gasteiger partial charge on any atom is 0.157 e. The molecule has 1 unspecified atom stereocenters. The third-order valence-corrected chi connectivity index (χ3v) is 5.14. The van der Waals surface area contributed by atoms with Crippen LogP contribution in [0.4, 0.5) is 0 Å². The summed E-state index contributed by atoms with van der Waals surface area (Å²) < 4.78 is 29.1. The minimum atomic E-state index is -1.05. The maximum absolute atomic E-state index is 9.97. The molecule has 1 aliphatic heterocycles. The van der Waals surface area contributed by atoms with Crippen molar-refractivity contribution in [2.75, 3.05) is 34.5 Å². The number of aromatic hydroxyl groups is 2. The van der Waals surface area contributed by atoms with Crippen LogP contribution < -0.4 is 14.2 Å². The Labute approximate surface area is 169 Å². The van der Waals surface area contributed by atoms with Crippen molar-refractivity contribution in [3.63, 3.8) is 0 Å². The Morgan fingerprint density at radius 2 is 1.79 bits per heavy atom. The molecule has 0 bridgehead atoms. The van der Waals surface area contributed by atoms with Gasteiger partial charge in [-0.15, -0.1) is 0 Å². The third kappa shape index (κ3) is 3.66. The van der Waals surface area contributed by atoms with Crippen molar-refractivity contribution in [1.82, 2.24) is 0 Å². The number of ether oxygens (including phenoxy) is 5. The first-order chi connectivity index (χ1) is 13.9. The van der Waals surface area contributed by atoms with Crippen LogP contribution in [0, 0.1) is 0 Å². The number of hydrogen-bond acceptors (Lipinski definition) is 8. The highest BCUT2D eigenvalue weighted by Crippen LogP contribution is 2.53. The van der Waals surface area contributed by atoms with E-state index in [4.69, 9.17) is 23.7 Å². The van der Waals surface area contributed by atoms with Gasteiger partial charge >= 0.3 is 0 Å². The van der Waals surface area contributed by atoms with Crippen LogP contribution in [-0.2, 0) is 15.1 Å². The van der Waals surface area contributed by atoms with Crippen LogP contribution in [0.25, 0.3) is 0 Å². The second-order valence-corrected chi connectivity index (χ2v) is 6.82. The van der Waals surface area contributed by atoms with Gasteiger partial charge in [0.1, 0.15) is 29.0 Å². The number of methoxy groups -OCH3 is 3. The molecule has 0 amide bonds. The molecule has 0 saturated carbocycles. The summed E-state index contributed by atoms with van der Waals surface area (Å²) >= 11 is 0. The van der Waals surface area contributed by atoms with E-state index in [0.717, 1.165) is 0 Å². The summed E-state index contributed by atoms with van der Waals surface area (Å²) in [6, 6.07) is 7.88. The highest BCUT2D eigenvalue weighted by atomic mass is 16.6. The number of phenolic OH excluding ortho intramolecular Hbond substituents is 2. The van der Waals surface area contributed by atoms with Crippen LogP contribution >= 0.6 is 0 Å². The molecule has 3 atom stereocenters. The molecule has 0 spiro atoms. The topological polar surface area (TPSA) is 107 Å². The Balaban J connectivity index is 2.21. The van der Waals surface area contributed by atoms with Crippen LogP contribution in [0.3, 0.4) is 0 Å². The second-order valence-electron chi connectivity index (χ2n) is 6.82. The maximum atomic E-state index is 9.97. The Bertz CT molecular complexity index is 868. The van der Waals surface area contributed by atoms with E-state index in [0.29, 0.717) is 28.4 Å². The molecule has 158 valence electrons. The van der Waals surface area contributed by atoms with E-state index in [9.17, 15) is 15.3 Å². The largest absolute Gasteiger partial charge is 0.504 e. The summed E-state index contributed by atoms with van der Waals surface area (Å²) in [4.78, 5) is 0. The lowest BCUT2D eigenvalue weighted by atomic mass is 9.80. The average molecular weight is 406 g/mol. The van der Waals surface area contributed by atoms with Crippen molar-refractivity contribution in [2.45, 2.75) is 24.7 Å². The molecule has 8 nitrogen and oxygen atoms in total.